The van der Waals surface area contributed by atoms with Gasteiger partial charge in [0, 0.05) is 13.0 Å². The predicted octanol–water partition coefficient (Wildman–Crippen LogP) is 2.24. The molecule has 1 N–H and O–H groups in total. The summed E-state index contributed by atoms with van der Waals surface area (Å²) in [5.74, 6) is 1.68. The highest BCUT2D eigenvalue weighted by Gasteiger charge is 1.95. The summed E-state index contributed by atoms with van der Waals surface area (Å²) < 4.78 is 10.8. The van der Waals surface area contributed by atoms with Crippen LogP contribution in [0.1, 0.15) is 19.8 Å². The highest BCUT2D eigenvalue weighted by atomic mass is 16.5. The number of hydrogen-bond donors (Lipinski definition) is 1. The molecule has 0 spiro atoms. The van der Waals surface area contributed by atoms with E-state index in [-0.39, 0.29) is 6.61 Å². The zero-order chi connectivity index (χ0) is 10.9. The number of aliphatic hydroxyl groups excluding tert-OH is 1. The fourth-order valence-corrected chi connectivity index (χ4v) is 1.11. The molecule has 0 heterocycles. The number of hydrogen-bond acceptors (Lipinski definition) is 3. The maximum Gasteiger partial charge on any atom is 0.119 e. The topological polar surface area (TPSA) is 38.7 Å². The molecule has 0 saturated heterocycles. The van der Waals surface area contributed by atoms with Crippen molar-refractivity contribution in [1.82, 2.24) is 0 Å². The molecule has 1 rings (SSSR count). The highest BCUT2D eigenvalue weighted by molar-refractivity contribution is 5.31. The lowest BCUT2D eigenvalue weighted by atomic mass is 10.3. The Morgan fingerprint density at radius 2 is 1.53 bits per heavy atom. The van der Waals surface area contributed by atoms with E-state index in [0.29, 0.717) is 13.0 Å². The number of ether oxygens (including phenoxy) is 2. The zero-order valence-electron chi connectivity index (χ0n) is 9.11. The lowest BCUT2D eigenvalue weighted by Crippen LogP contribution is -1.99. The average Bonchev–Trinajstić information content (AvgIpc) is 2.28. The molecule has 1 aromatic rings. The third kappa shape index (κ3) is 4.70. The molecule has 15 heavy (non-hydrogen) atoms. The Labute approximate surface area is 90.6 Å². The predicted molar refractivity (Wildman–Crippen MR) is 59.4 cm³/mol. The van der Waals surface area contributed by atoms with E-state index in [9.17, 15) is 0 Å². The Hall–Kier alpha value is -1.22. The second-order valence-electron chi connectivity index (χ2n) is 3.25. The van der Waals surface area contributed by atoms with Crippen molar-refractivity contribution in [3.63, 3.8) is 0 Å². The van der Waals surface area contributed by atoms with E-state index in [4.69, 9.17) is 14.6 Å². The lowest BCUT2D eigenvalue weighted by molar-refractivity contribution is 0.233. The summed E-state index contributed by atoms with van der Waals surface area (Å²) in [6.07, 6.45) is 1.67. The van der Waals surface area contributed by atoms with Crippen molar-refractivity contribution >= 4 is 0 Å². The molecule has 0 aliphatic rings. The molecule has 0 aliphatic heterocycles. The minimum Gasteiger partial charge on any atom is -0.494 e. The minimum atomic E-state index is 0.164. The van der Waals surface area contributed by atoms with Gasteiger partial charge in [-0.3, -0.25) is 0 Å². The third-order valence-electron chi connectivity index (χ3n) is 1.87. The molecule has 0 atom stereocenters. The first-order valence-electron chi connectivity index (χ1n) is 5.33. The summed E-state index contributed by atoms with van der Waals surface area (Å²) in [4.78, 5) is 0. The Balaban J connectivity index is 2.35. The van der Waals surface area contributed by atoms with Crippen molar-refractivity contribution in [2.45, 2.75) is 19.8 Å². The summed E-state index contributed by atoms with van der Waals surface area (Å²) in [6.45, 7) is 3.53. The average molecular weight is 210 g/mol. The van der Waals surface area contributed by atoms with E-state index in [1.54, 1.807) is 0 Å². The maximum atomic E-state index is 8.59. The van der Waals surface area contributed by atoms with Gasteiger partial charge >= 0.3 is 0 Å². The molecular formula is C12H18O3. The largest absolute Gasteiger partial charge is 0.494 e. The van der Waals surface area contributed by atoms with Gasteiger partial charge in [0.2, 0.25) is 0 Å². The van der Waals surface area contributed by atoms with Gasteiger partial charge in [0.1, 0.15) is 11.5 Å². The SMILES string of the molecule is CCCOc1ccc(OCCCO)cc1. The fourth-order valence-electron chi connectivity index (χ4n) is 1.11. The summed E-state index contributed by atoms with van der Waals surface area (Å²) in [6, 6.07) is 7.54. The number of benzene rings is 1. The summed E-state index contributed by atoms with van der Waals surface area (Å²) >= 11 is 0. The molecule has 0 unspecified atom stereocenters. The molecule has 3 nitrogen and oxygen atoms in total. The van der Waals surface area contributed by atoms with Crippen LogP contribution in [-0.4, -0.2) is 24.9 Å². The van der Waals surface area contributed by atoms with Crippen LogP contribution in [0.5, 0.6) is 11.5 Å². The van der Waals surface area contributed by atoms with Crippen molar-refractivity contribution in [2.75, 3.05) is 19.8 Å². The first-order chi connectivity index (χ1) is 7.36. The Morgan fingerprint density at radius 1 is 1.00 bits per heavy atom. The first kappa shape index (κ1) is 11.9. The molecule has 0 bridgehead atoms. The van der Waals surface area contributed by atoms with Crippen molar-refractivity contribution in [3.05, 3.63) is 24.3 Å². The second-order valence-corrected chi connectivity index (χ2v) is 3.25. The van der Waals surface area contributed by atoms with Crippen LogP contribution in [0.15, 0.2) is 24.3 Å². The Bertz CT molecular complexity index is 256. The fraction of sp³-hybridized carbons (Fsp3) is 0.500. The molecular weight excluding hydrogens is 192 g/mol. The first-order valence-corrected chi connectivity index (χ1v) is 5.33. The van der Waals surface area contributed by atoms with Gasteiger partial charge in [0.15, 0.2) is 0 Å². The van der Waals surface area contributed by atoms with Crippen LogP contribution in [0.3, 0.4) is 0 Å². The maximum absolute atomic E-state index is 8.59. The van der Waals surface area contributed by atoms with Gasteiger partial charge in [-0.2, -0.15) is 0 Å². The van der Waals surface area contributed by atoms with Crippen molar-refractivity contribution in [1.29, 1.82) is 0 Å². The molecule has 0 radical (unpaired) electrons. The zero-order valence-corrected chi connectivity index (χ0v) is 9.11. The van der Waals surface area contributed by atoms with Crippen LogP contribution in [0.2, 0.25) is 0 Å². The molecule has 0 amide bonds. The number of rotatable bonds is 7. The molecule has 0 saturated carbocycles. The van der Waals surface area contributed by atoms with E-state index in [1.807, 2.05) is 24.3 Å². The van der Waals surface area contributed by atoms with Crippen molar-refractivity contribution < 1.29 is 14.6 Å². The van der Waals surface area contributed by atoms with Gasteiger partial charge < -0.3 is 14.6 Å². The van der Waals surface area contributed by atoms with E-state index >= 15 is 0 Å². The van der Waals surface area contributed by atoms with Crippen LogP contribution in [0.25, 0.3) is 0 Å². The van der Waals surface area contributed by atoms with E-state index in [0.717, 1.165) is 24.5 Å². The van der Waals surface area contributed by atoms with E-state index < -0.39 is 0 Å². The molecule has 3 heteroatoms. The van der Waals surface area contributed by atoms with Gasteiger partial charge in [0.05, 0.1) is 13.2 Å². The van der Waals surface area contributed by atoms with Gasteiger partial charge in [-0.05, 0) is 30.7 Å². The van der Waals surface area contributed by atoms with Gasteiger partial charge in [-0.1, -0.05) is 6.92 Å². The van der Waals surface area contributed by atoms with Gasteiger partial charge in [0.25, 0.3) is 0 Å². The number of aliphatic hydroxyl groups is 1. The summed E-state index contributed by atoms with van der Waals surface area (Å²) in [7, 11) is 0. The summed E-state index contributed by atoms with van der Waals surface area (Å²) in [5.41, 5.74) is 0. The molecule has 1 aromatic carbocycles. The normalized spacial score (nSPS) is 10.0. The van der Waals surface area contributed by atoms with Crippen molar-refractivity contribution in [3.8, 4) is 11.5 Å². The smallest absolute Gasteiger partial charge is 0.119 e. The van der Waals surface area contributed by atoms with Crippen LogP contribution < -0.4 is 9.47 Å². The van der Waals surface area contributed by atoms with Gasteiger partial charge in [-0.25, -0.2) is 0 Å². The quantitative estimate of drug-likeness (QED) is 0.701. The lowest BCUT2D eigenvalue weighted by Gasteiger charge is -2.07. The molecule has 84 valence electrons. The van der Waals surface area contributed by atoms with E-state index in [1.165, 1.54) is 0 Å². The van der Waals surface area contributed by atoms with Crippen LogP contribution >= 0.6 is 0 Å². The monoisotopic (exact) mass is 210 g/mol. The van der Waals surface area contributed by atoms with Crippen molar-refractivity contribution in [2.24, 2.45) is 0 Å². The molecule has 0 fully saturated rings. The Kier molecular flexibility index (Phi) is 5.63. The van der Waals surface area contributed by atoms with Crippen LogP contribution in [0, 0.1) is 0 Å². The molecule has 0 aliphatic carbocycles. The summed E-state index contributed by atoms with van der Waals surface area (Å²) in [5, 5.41) is 8.59. The second kappa shape index (κ2) is 7.12. The molecule has 0 aromatic heterocycles. The van der Waals surface area contributed by atoms with Crippen LogP contribution in [-0.2, 0) is 0 Å². The van der Waals surface area contributed by atoms with E-state index in [2.05, 4.69) is 6.92 Å². The van der Waals surface area contributed by atoms with Crippen LogP contribution in [0.4, 0.5) is 0 Å². The Morgan fingerprint density at radius 3 is 2.00 bits per heavy atom. The standard InChI is InChI=1S/C12H18O3/c1-2-9-14-11-4-6-12(7-5-11)15-10-3-8-13/h4-7,13H,2-3,8-10H2,1H3. The van der Waals surface area contributed by atoms with Gasteiger partial charge in [-0.15, -0.1) is 0 Å². The third-order valence-corrected chi connectivity index (χ3v) is 1.87. The highest BCUT2D eigenvalue weighted by Crippen LogP contribution is 2.17. The minimum absolute atomic E-state index is 0.164.